The monoisotopic (exact) mass is 420 g/mol. The molecule has 1 unspecified atom stereocenters. The summed E-state index contributed by atoms with van der Waals surface area (Å²) in [5, 5.41) is 6.96. The molecule has 0 aliphatic rings. The van der Waals surface area contributed by atoms with Gasteiger partial charge in [-0.05, 0) is 68.5 Å². The highest BCUT2D eigenvalue weighted by molar-refractivity contribution is 5.91. The highest BCUT2D eigenvalue weighted by atomic mass is 16.2. The quantitative estimate of drug-likeness (QED) is 0.664. The maximum Gasteiger partial charge on any atom is 0.352 e. The van der Waals surface area contributed by atoms with Crippen molar-refractivity contribution in [2.75, 3.05) is 0 Å². The van der Waals surface area contributed by atoms with E-state index in [0.29, 0.717) is 12.1 Å². The molecule has 1 aromatic heterocycles. The lowest BCUT2D eigenvalue weighted by atomic mass is 10.1. The first kappa shape index (κ1) is 22.2. The van der Waals surface area contributed by atoms with Crippen LogP contribution in [0.2, 0.25) is 0 Å². The molecule has 31 heavy (non-hydrogen) atoms. The molecular formula is C24H28N4O3. The Morgan fingerprint density at radius 2 is 1.74 bits per heavy atom. The maximum atomic E-state index is 13.3. The van der Waals surface area contributed by atoms with E-state index in [9.17, 15) is 14.4 Å². The average molecular weight is 421 g/mol. The van der Waals surface area contributed by atoms with E-state index in [1.807, 2.05) is 71.0 Å². The SMILES string of the molecule is CCC(C)NC(=O)c1nn(-c2ccc(C)c(C)c2)c(=O)n(Cc2ccccc2C)c1=O. The summed E-state index contributed by atoms with van der Waals surface area (Å²) in [4.78, 5) is 39.3. The van der Waals surface area contributed by atoms with Crippen LogP contribution in [0.4, 0.5) is 0 Å². The van der Waals surface area contributed by atoms with Gasteiger partial charge in [0.2, 0.25) is 5.69 Å². The Labute approximate surface area is 181 Å². The third-order valence-electron chi connectivity index (χ3n) is 5.59. The zero-order valence-corrected chi connectivity index (χ0v) is 18.6. The lowest BCUT2D eigenvalue weighted by Gasteiger charge is -2.15. The van der Waals surface area contributed by atoms with Crippen LogP contribution in [0.3, 0.4) is 0 Å². The molecule has 0 saturated carbocycles. The third kappa shape index (κ3) is 4.66. The van der Waals surface area contributed by atoms with Gasteiger partial charge in [0.1, 0.15) is 0 Å². The number of aryl methyl sites for hydroxylation is 3. The summed E-state index contributed by atoms with van der Waals surface area (Å²) >= 11 is 0. The van der Waals surface area contributed by atoms with Gasteiger partial charge >= 0.3 is 5.69 Å². The molecule has 7 heteroatoms. The number of aromatic nitrogens is 3. The van der Waals surface area contributed by atoms with Crippen LogP contribution >= 0.6 is 0 Å². The predicted molar refractivity (Wildman–Crippen MR) is 121 cm³/mol. The molecule has 162 valence electrons. The molecule has 1 amide bonds. The molecule has 1 N–H and O–H groups in total. The van der Waals surface area contributed by atoms with Crippen LogP contribution in [0.5, 0.6) is 0 Å². The van der Waals surface area contributed by atoms with E-state index in [0.717, 1.165) is 31.5 Å². The van der Waals surface area contributed by atoms with Gasteiger partial charge in [-0.2, -0.15) is 9.78 Å². The number of rotatable bonds is 6. The highest BCUT2D eigenvalue weighted by Crippen LogP contribution is 2.12. The van der Waals surface area contributed by atoms with Crippen LogP contribution in [0.25, 0.3) is 5.69 Å². The molecule has 0 fully saturated rings. The fourth-order valence-corrected chi connectivity index (χ4v) is 3.17. The first-order valence-corrected chi connectivity index (χ1v) is 10.4. The molecule has 0 bridgehead atoms. The molecule has 1 atom stereocenters. The Hall–Kier alpha value is -3.48. The first-order valence-electron chi connectivity index (χ1n) is 10.4. The van der Waals surface area contributed by atoms with Gasteiger partial charge in [-0.15, -0.1) is 0 Å². The Bertz CT molecular complexity index is 1240. The Morgan fingerprint density at radius 3 is 2.39 bits per heavy atom. The topological polar surface area (TPSA) is 86.0 Å². The number of amides is 1. The van der Waals surface area contributed by atoms with Gasteiger partial charge in [-0.3, -0.25) is 14.2 Å². The number of benzene rings is 2. The summed E-state index contributed by atoms with van der Waals surface area (Å²) in [6, 6.07) is 12.9. The van der Waals surface area contributed by atoms with E-state index < -0.39 is 17.2 Å². The van der Waals surface area contributed by atoms with Gasteiger partial charge in [0.15, 0.2) is 0 Å². The summed E-state index contributed by atoms with van der Waals surface area (Å²) in [6.45, 7) is 9.67. The maximum absolute atomic E-state index is 13.3. The molecular weight excluding hydrogens is 392 g/mol. The fraction of sp³-hybridized carbons (Fsp3) is 0.333. The minimum absolute atomic E-state index is 0.0569. The van der Waals surface area contributed by atoms with Crippen LogP contribution in [-0.4, -0.2) is 26.3 Å². The second kappa shape index (κ2) is 9.12. The molecule has 3 aromatic rings. The summed E-state index contributed by atoms with van der Waals surface area (Å²) in [6.07, 6.45) is 0.708. The average Bonchev–Trinajstić information content (AvgIpc) is 2.74. The van der Waals surface area contributed by atoms with Gasteiger partial charge in [-0.25, -0.2) is 4.79 Å². The lowest BCUT2D eigenvalue weighted by molar-refractivity contribution is 0.0929. The molecule has 2 aromatic carbocycles. The van der Waals surface area contributed by atoms with Gasteiger partial charge < -0.3 is 5.32 Å². The highest BCUT2D eigenvalue weighted by Gasteiger charge is 2.21. The van der Waals surface area contributed by atoms with E-state index in [1.165, 1.54) is 0 Å². The lowest BCUT2D eigenvalue weighted by Crippen LogP contribution is -2.47. The summed E-state index contributed by atoms with van der Waals surface area (Å²) in [5.74, 6) is -0.588. The van der Waals surface area contributed by atoms with Crippen molar-refractivity contribution in [3.63, 3.8) is 0 Å². The van der Waals surface area contributed by atoms with Crippen molar-refractivity contribution in [1.82, 2.24) is 19.7 Å². The molecule has 7 nitrogen and oxygen atoms in total. The minimum atomic E-state index is -0.700. The number of hydrogen-bond acceptors (Lipinski definition) is 4. The zero-order valence-electron chi connectivity index (χ0n) is 18.6. The molecule has 0 radical (unpaired) electrons. The van der Waals surface area contributed by atoms with Crippen LogP contribution in [0.15, 0.2) is 52.1 Å². The standard InChI is InChI=1S/C24H28N4O3/c1-6-18(5)25-22(29)21-23(30)27(14-19-10-8-7-9-16(19)3)24(31)28(26-21)20-12-11-15(2)17(4)13-20/h7-13,18H,6,14H2,1-5H3,(H,25,29). The Kier molecular flexibility index (Phi) is 6.53. The Morgan fingerprint density at radius 1 is 1.03 bits per heavy atom. The molecule has 1 heterocycles. The summed E-state index contributed by atoms with van der Waals surface area (Å²) in [5.41, 5.74) is 2.75. The van der Waals surface area contributed by atoms with Crippen molar-refractivity contribution in [3.05, 3.63) is 91.3 Å². The van der Waals surface area contributed by atoms with Crippen molar-refractivity contribution in [2.24, 2.45) is 0 Å². The van der Waals surface area contributed by atoms with Gasteiger partial charge in [0.25, 0.3) is 11.5 Å². The normalized spacial score (nSPS) is 11.9. The predicted octanol–water partition coefficient (Wildman–Crippen LogP) is 2.90. The van der Waals surface area contributed by atoms with Crippen LogP contribution in [-0.2, 0) is 6.54 Å². The van der Waals surface area contributed by atoms with Crippen LogP contribution in [0, 0.1) is 20.8 Å². The van der Waals surface area contributed by atoms with Crippen molar-refractivity contribution >= 4 is 5.91 Å². The molecule has 0 saturated heterocycles. The molecule has 0 aliphatic heterocycles. The number of nitrogens with zero attached hydrogens (tertiary/aromatic N) is 3. The van der Waals surface area contributed by atoms with Crippen molar-refractivity contribution in [1.29, 1.82) is 0 Å². The van der Waals surface area contributed by atoms with Crippen LogP contribution < -0.4 is 16.6 Å². The summed E-state index contributed by atoms with van der Waals surface area (Å²) in [7, 11) is 0. The number of carbonyl (C=O) groups is 1. The van der Waals surface area contributed by atoms with E-state index in [1.54, 1.807) is 6.07 Å². The van der Waals surface area contributed by atoms with E-state index in [2.05, 4.69) is 10.4 Å². The van der Waals surface area contributed by atoms with Crippen molar-refractivity contribution in [3.8, 4) is 5.69 Å². The largest absolute Gasteiger partial charge is 0.352 e. The summed E-state index contributed by atoms with van der Waals surface area (Å²) < 4.78 is 2.22. The second-order valence-corrected chi connectivity index (χ2v) is 7.91. The Balaban J connectivity index is 2.23. The zero-order chi connectivity index (χ0) is 22.7. The van der Waals surface area contributed by atoms with Gasteiger partial charge in [0.05, 0.1) is 12.2 Å². The van der Waals surface area contributed by atoms with E-state index in [4.69, 9.17) is 0 Å². The number of carbonyl (C=O) groups excluding carboxylic acids is 1. The van der Waals surface area contributed by atoms with Gasteiger partial charge in [-0.1, -0.05) is 37.3 Å². The molecule has 0 spiro atoms. The fourth-order valence-electron chi connectivity index (χ4n) is 3.17. The smallest absolute Gasteiger partial charge is 0.348 e. The van der Waals surface area contributed by atoms with Gasteiger partial charge in [0, 0.05) is 6.04 Å². The van der Waals surface area contributed by atoms with Crippen molar-refractivity contribution < 1.29 is 4.79 Å². The number of hydrogen-bond donors (Lipinski definition) is 1. The third-order valence-corrected chi connectivity index (χ3v) is 5.59. The second-order valence-electron chi connectivity index (χ2n) is 7.91. The minimum Gasteiger partial charge on any atom is -0.348 e. The van der Waals surface area contributed by atoms with Crippen molar-refractivity contribution in [2.45, 2.75) is 53.6 Å². The van der Waals surface area contributed by atoms with E-state index >= 15 is 0 Å². The first-order chi connectivity index (χ1) is 14.7. The van der Waals surface area contributed by atoms with E-state index in [-0.39, 0.29) is 18.3 Å². The molecule has 0 aliphatic carbocycles. The van der Waals surface area contributed by atoms with Crippen LogP contribution in [0.1, 0.15) is 53.0 Å². The number of nitrogens with one attached hydrogen (secondary N) is 1. The molecule has 3 rings (SSSR count).